The first-order valence-electron chi connectivity index (χ1n) is 8.65. The molecule has 2 heterocycles. The van der Waals surface area contributed by atoms with Crippen molar-refractivity contribution in [2.45, 2.75) is 43.6 Å². The summed E-state index contributed by atoms with van der Waals surface area (Å²) in [6.07, 6.45) is -9.14. The highest BCUT2D eigenvalue weighted by Crippen LogP contribution is 2.31. The molecule has 0 radical (unpaired) electrons. The number of aryl methyl sites for hydroxylation is 2. The van der Waals surface area contributed by atoms with E-state index in [2.05, 4.69) is 10.1 Å². The number of carbonyl (C=O) groups excluding carboxylic acids is 1. The number of rotatable bonds is 6. The fourth-order valence-electron chi connectivity index (χ4n) is 3.03. The van der Waals surface area contributed by atoms with Crippen molar-refractivity contribution in [2.24, 2.45) is 5.73 Å². The maximum absolute atomic E-state index is 12.7. The number of ether oxygens (including phenoxy) is 1. The molecular formula is C17H19F3N4O5. The Morgan fingerprint density at radius 3 is 2.34 bits per heavy atom. The summed E-state index contributed by atoms with van der Waals surface area (Å²) in [4.78, 5) is 15.4. The van der Waals surface area contributed by atoms with E-state index in [9.17, 15) is 33.3 Å². The number of nitrogens with two attached hydrogens (primary N) is 1. The van der Waals surface area contributed by atoms with E-state index >= 15 is 0 Å². The second-order valence-electron chi connectivity index (χ2n) is 6.58. The molecule has 1 aliphatic heterocycles. The summed E-state index contributed by atoms with van der Waals surface area (Å²) in [5, 5.41) is 33.2. The zero-order valence-corrected chi connectivity index (χ0v) is 15.0. The van der Waals surface area contributed by atoms with E-state index in [1.165, 1.54) is 12.1 Å². The third-order valence-corrected chi connectivity index (χ3v) is 4.60. The highest BCUT2D eigenvalue weighted by Gasteiger charge is 2.44. The van der Waals surface area contributed by atoms with E-state index in [-0.39, 0.29) is 24.5 Å². The van der Waals surface area contributed by atoms with Gasteiger partial charge in [0, 0.05) is 6.42 Å². The van der Waals surface area contributed by atoms with E-state index in [0.29, 0.717) is 5.56 Å². The van der Waals surface area contributed by atoms with Crippen molar-refractivity contribution in [1.29, 1.82) is 0 Å². The fraction of sp³-hybridized carbons (Fsp3) is 0.471. The molecule has 12 heteroatoms. The van der Waals surface area contributed by atoms with Gasteiger partial charge in [0.1, 0.15) is 24.1 Å². The van der Waals surface area contributed by atoms with Crippen LogP contribution < -0.4 is 5.73 Å². The molecule has 1 aromatic carbocycles. The lowest BCUT2D eigenvalue weighted by molar-refractivity contribution is -0.137. The van der Waals surface area contributed by atoms with Crippen LogP contribution in [-0.4, -0.2) is 60.9 Å². The number of primary amides is 1. The zero-order valence-electron chi connectivity index (χ0n) is 15.0. The van der Waals surface area contributed by atoms with Gasteiger partial charge >= 0.3 is 6.18 Å². The Morgan fingerprint density at radius 1 is 1.17 bits per heavy atom. The van der Waals surface area contributed by atoms with Gasteiger partial charge in [0.05, 0.1) is 12.2 Å². The zero-order chi connectivity index (χ0) is 21.3. The monoisotopic (exact) mass is 416 g/mol. The predicted octanol–water partition coefficient (Wildman–Crippen LogP) is -0.208. The third kappa shape index (κ3) is 4.40. The molecule has 3 rings (SSSR count). The predicted molar refractivity (Wildman–Crippen MR) is 90.4 cm³/mol. The van der Waals surface area contributed by atoms with E-state index in [1.54, 1.807) is 0 Å². The van der Waals surface area contributed by atoms with Crippen molar-refractivity contribution < 1.29 is 38.0 Å². The molecule has 5 N–H and O–H groups in total. The van der Waals surface area contributed by atoms with Gasteiger partial charge in [-0.1, -0.05) is 12.1 Å². The molecule has 1 saturated heterocycles. The van der Waals surface area contributed by atoms with Gasteiger partial charge in [0.2, 0.25) is 5.82 Å². The lowest BCUT2D eigenvalue weighted by Gasteiger charge is -2.17. The van der Waals surface area contributed by atoms with Gasteiger partial charge in [-0.15, -0.1) is 5.10 Å². The minimum absolute atomic E-state index is 0.137. The lowest BCUT2D eigenvalue weighted by atomic mass is 10.1. The fourth-order valence-corrected chi connectivity index (χ4v) is 3.03. The quantitative estimate of drug-likeness (QED) is 0.510. The van der Waals surface area contributed by atoms with Gasteiger partial charge in [-0.3, -0.25) is 4.79 Å². The number of halogens is 3. The molecule has 1 aliphatic rings. The Hall–Kier alpha value is -2.54. The smallest absolute Gasteiger partial charge is 0.394 e. The number of amides is 1. The molecule has 2 aromatic rings. The molecule has 0 bridgehead atoms. The average molecular weight is 416 g/mol. The normalized spacial score (nSPS) is 24.8. The van der Waals surface area contributed by atoms with Crippen molar-refractivity contribution >= 4 is 5.91 Å². The number of carbonyl (C=O) groups is 1. The Morgan fingerprint density at radius 2 is 1.83 bits per heavy atom. The highest BCUT2D eigenvalue weighted by atomic mass is 19.4. The number of aromatic nitrogens is 3. The Kier molecular flexibility index (Phi) is 5.89. The molecule has 1 aromatic heterocycles. The second kappa shape index (κ2) is 8.06. The van der Waals surface area contributed by atoms with Crippen LogP contribution in [0, 0.1) is 0 Å². The number of alkyl halides is 3. The third-order valence-electron chi connectivity index (χ3n) is 4.60. The first kappa shape index (κ1) is 21.2. The van der Waals surface area contributed by atoms with E-state index in [1.807, 2.05) is 0 Å². The summed E-state index contributed by atoms with van der Waals surface area (Å²) >= 11 is 0. The van der Waals surface area contributed by atoms with E-state index in [4.69, 9.17) is 10.5 Å². The largest absolute Gasteiger partial charge is 0.416 e. The molecule has 158 valence electrons. The van der Waals surface area contributed by atoms with Crippen molar-refractivity contribution in [3.05, 3.63) is 47.0 Å². The van der Waals surface area contributed by atoms with Crippen LogP contribution in [0.3, 0.4) is 0 Å². The van der Waals surface area contributed by atoms with Gasteiger partial charge in [0.25, 0.3) is 5.91 Å². The van der Waals surface area contributed by atoms with Gasteiger partial charge < -0.3 is 25.8 Å². The van der Waals surface area contributed by atoms with Crippen molar-refractivity contribution in [1.82, 2.24) is 14.8 Å². The maximum atomic E-state index is 12.7. The summed E-state index contributed by atoms with van der Waals surface area (Å²) in [6, 6.07) is 4.57. The first-order chi connectivity index (χ1) is 13.6. The van der Waals surface area contributed by atoms with Crippen LogP contribution in [0.15, 0.2) is 24.3 Å². The molecule has 29 heavy (non-hydrogen) atoms. The Balaban J connectivity index is 1.81. The number of hydrogen-bond acceptors (Lipinski definition) is 7. The molecule has 1 fully saturated rings. The number of benzene rings is 1. The van der Waals surface area contributed by atoms with Gasteiger partial charge in [0.15, 0.2) is 6.23 Å². The van der Waals surface area contributed by atoms with Crippen LogP contribution in [-0.2, 0) is 23.8 Å². The van der Waals surface area contributed by atoms with Crippen LogP contribution in [0.4, 0.5) is 13.2 Å². The molecular weight excluding hydrogens is 397 g/mol. The molecule has 4 atom stereocenters. The number of aliphatic hydroxyl groups excluding tert-OH is 3. The number of aliphatic hydroxyl groups is 3. The van der Waals surface area contributed by atoms with Crippen LogP contribution in [0.25, 0.3) is 0 Å². The van der Waals surface area contributed by atoms with Crippen molar-refractivity contribution in [3.8, 4) is 0 Å². The van der Waals surface area contributed by atoms with Gasteiger partial charge in [-0.2, -0.15) is 13.2 Å². The molecule has 1 amide bonds. The van der Waals surface area contributed by atoms with Gasteiger partial charge in [-0.25, -0.2) is 9.67 Å². The number of nitrogens with zero attached hydrogens (tertiary/aromatic N) is 3. The Bertz CT molecular complexity index is 871. The molecule has 0 spiro atoms. The van der Waals surface area contributed by atoms with Crippen molar-refractivity contribution in [3.63, 3.8) is 0 Å². The highest BCUT2D eigenvalue weighted by molar-refractivity contribution is 5.88. The summed E-state index contributed by atoms with van der Waals surface area (Å²) in [5.41, 5.74) is 5.00. The standard InChI is InChI=1S/C17H19F3N4O5/c18-17(19,20)9-4-1-8(2-5-9)3-6-11-22-15(14(21)28)23-24(11)16-13(27)12(26)10(7-25)29-16/h1-2,4-5,10,12-13,16,25-27H,3,6-7H2,(H2,21,28)/t10-,12-,13-,16-/m1/s1. The maximum Gasteiger partial charge on any atom is 0.416 e. The van der Waals surface area contributed by atoms with E-state index < -0.39 is 48.8 Å². The van der Waals surface area contributed by atoms with Crippen molar-refractivity contribution in [2.75, 3.05) is 6.61 Å². The van der Waals surface area contributed by atoms with Crippen LogP contribution in [0.5, 0.6) is 0 Å². The second-order valence-corrected chi connectivity index (χ2v) is 6.58. The minimum Gasteiger partial charge on any atom is -0.394 e. The molecule has 0 saturated carbocycles. The first-order valence-corrected chi connectivity index (χ1v) is 8.65. The summed E-state index contributed by atoms with van der Waals surface area (Å²) in [6.45, 7) is -0.549. The molecule has 9 nitrogen and oxygen atoms in total. The number of hydrogen-bond donors (Lipinski definition) is 4. The van der Waals surface area contributed by atoms with Crippen LogP contribution in [0.2, 0.25) is 0 Å². The minimum atomic E-state index is -4.44. The Labute approximate surface area is 162 Å². The van der Waals surface area contributed by atoms with Crippen LogP contribution >= 0.6 is 0 Å². The topological polar surface area (TPSA) is 144 Å². The SMILES string of the molecule is NC(=O)c1nc(CCc2ccc(C(F)(F)F)cc2)n([C@@H]2O[C@H](CO)[C@@H](O)[C@H]2O)n1. The van der Waals surface area contributed by atoms with Gasteiger partial charge in [-0.05, 0) is 24.1 Å². The molecule has 0 unspecified atom stereocenters. The van der Waals surface area contributed by atoms with E-state index in [0.717, 1.165) is 16.8 Å². The summed E-state index contributed by atoms with van der Waals surface area (Å²) in [5.74, 6) is -1.09. The summed E-state index contributed by atoms with van der Waals surface area (Å²) < 4.78 is 44.5. The molecule has 0 aliphatic carbocycles. The lowest BCUT2D eigenvalue weighted by Crippen LogP contribution is -2.33. The average Bonchev–Trinajstić information content (AvgIpc) is 3.21. The summed E-state index contributed by atoms with van der Waals surface area (Å²) in [7, 11) is 0. The van der Waals surface area contributed by atoms with Crippen LogP contribution in [0.1, 0.15) is 33.8 Å².